The van der Waals surface area contributed by atoms with Crippen LogP contribution >= 0.6 is 0 Å². The molecule has 1 aliphatic rings. The van der Waals surface area contributed by atoms with Gasteiger partial charge in [-0.25, -0.2) is 4.79 Å². The molecule has 0 radical (unpaired) electrons. The summed E-state index contributed by atoms with van der Waals surface area (Å²) in [4.78, 5) is 35.7. The zero-order chi connectivity index (χ0) is 20.5. The van der Waals surface area contributed by atoms with Crippen LogP contribution < -0.4 is 20.7 Å². The molecule has 0 aliphatic carbocycles. The zero-order valence-corrected chi connectivity index (χ0v) is 14.4. The highest BCUT2D eigenvalue weighted by Crippen LogP contribution is 2.27. The highest BCUT2D eigenvalue weighted by Gasteiger charge is 2.43. The smallest absolute Gasteiger partial charge is 0.406 e. The standard InChI is InChI=1S/C18H14F3N3O4/c1-17(15(26)23-16(27)24-17)11-3-2-4-12(9-11)22-14(25)10-5-7-13(8-6-10)28-18(19,20)21/h2-9H,1H3,(H,22,25)(H2,23,24,26,27). The fourth-order valence-electron chi connectivity index (χ4n) is 2.67. The van der Waals surface area contributed by atoms with E-state index in [-0.39, 0.29) is 5.56 Å². The Balaban J connectivity index is 1.75. The van der Waals surface area contributed by atoms with Crippen LogP contribution in [0.2, 0.25) is 0 Å². The van der Waals surface area contributed by atoms with E-state index in [2.05, 4.69) is 20.7 Å². The number of carbonyl (C=O) groups excluding carboxylic acids is 3. The van der Waals surface area contributed by atoms with Gasteiger partial charge in [0.15, 0.2) is 0 Å². The fraction of sp³-hybridized carbons (Fsp3) is 0.167. The molecular formula is C18H14F3N3O4. The molecule has 10 heteroatoms. The van der Waals surface area contributed by atoms with Crippen molar-refractivity contribution in [3.8, 4) is 5.75 Å². The Labute approximate surface area is 156 Å². The maximum absolute atomic E-state index is 12.3. The predicted molar refractivity (Wildman–Crippen MR) is 91.5 cm³/mol. The number of halogens is 3. The molecule has 4 amide bonds. The van der Waals surface area contributed by atoms with Gasteiger partial charge in [0.25, 0.3) is 11.8 Å². The largest absolute Gasteiger partial charge is 0.573 e. The highest BCUT2D eigenvalue weighted by molar-refractivity contribution is 6.07. The summed E-state index contributed by atoms with van der Waals surface area (Å²) in [6.45, 7) is 1.52. The van der Waals surface area contributed by atoms with Gasteiger partial charge >= 0.3 is 12.4 Å². The molecule has 1 atom stereocenters. The summed E-state index contributed by atoms with van der Waals surface area (Å²) in [7, 11) is 0. The number of benzene rings is 2. The lowest BCUT2D eigenvalue weighted by atomic mass is 9.92. The topological polar surface area (TPSA) is 96.5 Å². The minimum absolute atomic E-state index is 0.109. The lowest BCUT2D eigenvalue weighted by Gasteiger charge is -2.21. The van der Waals surface area contributed by atoms with Gasteiger partial charge in [0.2, 0.25) is 0 Å². The number of imide groups is 1. The van der Waals surface area contributed by atoms with E-state index in [4.69, 9.17) is 0 Å². The molecule has 1 saturated heterocycles. The summed E-state index contributed by atoms with van der Waals surface area (Å²) in [5.74, 6) is -1.54. The first-order valence-corrected chi connectivity index (χ1v) is 7.98. The van der Waals surface area contributed by atoms with E-state index < -0.39 is 35.5 Å². The van der Waals surface area contributed by atoms with Gasteiger partial charge in [-0.3, -0.25) is 14.9 Å². The van der Waals surface area contributed by atoms with Gasteiger partial charge in [0, 0.05) is 11.3 Å². The predicted octanol–water partition coefficient (Wildman–Crippen LogP) is 2.89. The second kappa shape index (κ2) is 6.87. The number of nitrogens with one attached hydrogen (secondary N) is 3. The van der Waals surface area contributed by atoms with Crippen molar-refractivity contribution in [2.45, 2.75) is 18.8 Å². The lowest BCUT2D eigenvalue weighted by Crippen LogP contribution is -2.40. The Morgan fingerprint density at radius 3 is 2.36 bits per heavy atom. The van der Waals surface area contributed by atoms with Crippen LogP contribution in [0.4, 0.5) is 23.7 Å². The average molecular weight is 393 g/mol. The summed E-state index contributed by atoms with van der Waals surface area (Å²) in [5.41, 5.74) is -0.386. The average Bonchev–Trinajstić information content (AvgIpc) is 2.87. The third-order valence-corrected chi connectivity index (χ3v) is 4.09. The SMILES string of the molecule is CC1(c2cccc(NC(=O)c3ccc(OC(F)(F)F)cc3)c2)NC(=O)NC1=O. The zero-order valence-electron chi connectivity index (χ0n) is 14.4. The van der Waals surface area contributed by atoms with E-state index in [0.29, 0.717) is 11.3 Å². The maximum atomic E-state index is 12.3. The van der Waals surface area contributed by atoms with E-state index in [1.54, 1.807) is 18.2 Å². The number of rotatable bonds is 4. The third-order valence-electron chi connectivity index (χ3n) is 4.09. The third kappa shape index (κ3) is 4.05. The molecule has 2 aromatic carbocycles. The van der Waals surface area contributed by atoms with Crippen LogP contribution in [0.25, 0.3) is 0 Å². The Kier molecular flexibility index (Phi) is 4.72. The maximum Gasteiger partial charge on any atom is 0.573 e. The van der Waals surface area contributed by atoms with Crippen molar-refractivity contribution < 1.29 is 32.3 Å². The van der Waals surface area contributed by atoms with Gasteiger partial charge in [0.05, 0.1) is 0 Å². The normalized spacial score (nSPS) is 19.0. The van der Waals surface area contributed by atoms with Crippen LogP contribution in [-0.4, -0.2) is 24.2 Å². The first-order chi connectivity index (χ1) is 13.1. The van der Waals surface area contributed by atoms with Gasteiger partial charge < -0.3 is 15.4 Å². The van der Waals surface area contributed by atoms with Crippen molar-refractivity contribution in [2.24, 2.45) is 0 Å². The summed E-state index contributed by atoms with van der Waals surface area (Å²) in [6.07, 6.45) is -4.82. The molecule has 2 aromatic rings. The number of carbonyl (C=O) groups is 3. The summed E-state index contributed by atoms with van der Waals surface area (Å²) in [5, 5.41) is 7.25. The summed E-state index contributed by atoms with van der Waals surface area (Å²) < 4.78 is 40.3. The molecule has 0 bridgehead atoms. The molecule has 1 heterocycles. The number of urea groups is 1. The highest BCUT2D eigenvalue weighted by atomic mass is 19.4. The Bertz CT molecular complexity index is 944. The molecule has 3 N–H and O–H groups in total. The molecule has 1 unspecified atom stereocenters. The molecule has 28 heavy (non-hydrogen) atoms. The van der Waals surface area contributed by atoms with Gasteiger partial charge in [-0.2, -0.15) is 0 Å². The first kappa shape index (κ1) is 19.2. The number of amides is 4. The van der Waals surface area contributed by atoms with Crippen LogP contribution in [0.1, 0.15) is 22.8 Å². The van der Waals surface area contributed by atoms with Crippen molar-refractivity contribution in [2.75, 3.05) is 5.32 Å². The first-order valence-electron chi connectivity index (χ1n) is 7.98. The molecule has 146 valence electrons. The minimum atomic E-state index is -4.82. The van der Waals surface area contributed by atoms with Crippen molar-refractivity contribution in [3.05, 3.63) is 59.7 Å². The van der Waals surface area contributed by atoms with E-state index >= 15 is 0 Å². The van der Waals surface area contributed by atoms with Gasteiger partial charge in [-0.05, 0) is 48.9 Å². The van der Waals surface area contributed by atoms with Gasteiger partial charge in [0.1, 0.15) is 11.3 Å². The van der Waals surface area contributed by atoms with Crippen LogP contribution in [0.15, 0.2) is 48.5 Å². The monoisotopic (exact) mass is 393 g/mol. The second-order valence-electron chi connectivity index (χ2n) is 6.14. The quantitative estimate of drug-likeness (QED) is 0.696. The molecule has 0 aromatic heterocycles. The number of hydrogen-bond donors (Lipinski definition) is 3. The molecule has 7 nitrogen and oxygen atoms in total. The number of alkyl halides is 3. The van der Waals surface area contributed by atoms with Crippen LogP contribution in [0, 0.1) is 0 Å². The summed E-state index contributed by atoms with van der Waals surface area (Å²) in [6, 6.07) is 10.1. The Morgan fingerprint density at radius 1 is 1.11 bits per heavy atom. The van der Waals surface area contributed by atoms with Crippen LogP contribution in [-0.2, 0) is 10.3 Å². The fourth-order valence-corrected chi connectivity index (χ4v) is 2.67. The van der Waals surface area contributed by atoms with E-state index in [1.165, 1.54) is 25.1 Å². The van der Waals surface area contributed by atoms with Gasteiger partial charge in [-0.15, -0.1) is 13.2 Å². The van der Waals surface area contributed by atoms with Crippen molar-refractivity contribution >= 4 is 23.5 Å². The van der Waals surface area contributed by atoms with Gasteiger partial charge in [-0.1, -0.05) is 12.1 Å². The molecule has 0 saturated carbocycles. The van der Waals surface area contributed by atoms with Crippen molar-refractivity contribution in [3.63, 3.8) is 0 Å². The number of ether oxygens (including phenoxy) is 1. The van der Waals surface area contributed by atoms with Crippen molar-refractivity contribution in [1.82, 2.24) is 10.6 Å². The lowest BCUT2D eigenvalue weighted by molar-refractivity contribution is -0.274. The number of hydrogen-bond acceptors (Lipinski definition) is 4. The minimum Gasteiger partial charge on any atom is -0.406 e. The number of anilines is 1. The Morgan fingerprint density at radius 2 is 1.79 bits per heavy atom. The molecule has 1 fully saturated rings. The molecular weight excluding hydrogens is 379 g/mol. The molecule has 3 rings (SSSR count). The Hall–Kier alpha value is -3.56. The summed E-state index contributed by atoms with van der Waals surface area (Å²) >= 11 is 0. The van der Waals surface area contributed by atoms with Crippen molar-refractivity contribution in [1.29, 1.82) is 0 Å². The second-order valence-corrected chi connectivity index (χ2v) is 6.14. The van der Waals surface area contributed by atoms with Crippen LogP contribution in [0.5, 0.6) is 5.75 Å². The van der Waals surface area contributed by atoms with E-state index in [0.717, 1.165) is 12.1 Å². The van der Waals surface area contributed by atoms with Crippen LogP contribution in [0.3, 0.4) is 0 Å². The molecule has 0 spiro atoms. The van der Waals surface area contributed by atoms with E-state index in [9.17, 15) is 27.6 Å². The molecule has 1 aliphatic heterocycles. The van der Waals surface area contributed by atoms with E-state index in [1.807, 2.05) is 0 Å².